The summed E-state index contributed by atoms with van der Waals surface area (Å²) in [6.07, 6.45) is 8.98. The highest BCUT2D eigenvalue weighted by Gasteiger charge is 2.04. The first-order valence-electron chi connectivity index (χ1n) is 6.85. The summed E-state index contributed by atoms with van der Waals surface area (Å²) in [7, 11) is 2.12. The molecule has 1 N–H and O–H groups in total. The Labute approximate surface area is 140 Å². The summed E-state index contributed by atoms with van der Waals surface area (Å²) in [5, 5.41) is 3.34. The van der Waals surface area contributed by atoms with Gasteiger partial charge in [-0.05, 0) is 32.4 Å². The van der Waals surface area contributed by atoms with Crippen molar-refractivity contribution < 1.29 is 0 Å². The Kier molecular flexibility index (Phi) is 18.2. The van der Waals surface area contributed by atoms with Crippen LogP contribution < -0.4 is 5.32 Å². The number of thioether (sulfide) groups is 1. The van der Waals surface area contributed by atoms with Gasteiger partial charge < -0.3 is 10.2 Å². The molecule has 0 saturated carbocycles. The summed E-state index contributed by atoms with van der Waals surface area (Å²) in [4.78, 5) is 6.85. The van der Waals surface area contributed by atoms with E-state index in [1.165, 1.54) is 19.3 Å². The summed E-state index contributed by atoms with van der Waals surface area (Å²) in [6, 6.07) is 0. The average Bonchev–Trinajstić information content (AvgIpc) is 2.37. The number of nitrogens with one attached hydrogen (secondary N) is 1. The van der Waals surface area contributed by atoms with E-state index in [2.05, 4.69) is 42.0 Å². The molecule has 0 fully saturated rings. The second-order valence-electron chi connectivity index (χ2n) is 4.29. The van der Waals surface area contributed by atoms with Gasteiger partial charge in [0.1, 0.15) is 0 Å². The summed E-state index contributed by atoms with van der Waals surface area (Å²) >= 11 is 1.84. The van der Waals surface area contributed by atoms with Crippen LogP contribution in [0.5, 0.6) is 0 Å². The lowest BCUT2D eigenvalue weighted by molar-refractivity contribution is 0.456. The van der Waals surface area contributed by atoms with Gasteiger partial charge in [-0.2, -0.15) is 11.8 Å². The lowest BCUT2D eigenvalue weighted by Crippen LogP contribution is -2.39. The predicted molar refractivity (Wildman–Crippen MR) is 101 cm³/mol. The van der Waals surface area contributed by atoms with Gasteiger partial charge in [0.2, 0.25) is 0 Å². The SMILES string of the molecule is C=CCCCCCN(C)C(=NCCSC)NCC.I. The first kappa shape index (κ1) is 21.4. The molecular weight excluding hydrogens is 369 g/mol. The Hall–Kier alpha value is 0.0900. The van der Waals surface area contributed by atoms with Crippen molar-refractivity contribution >= 4 is 41.7 Å². The topological polar surface area (TPSA) is 27.6 Å². The summed E-state index contributed by atoms with van der Waals surface area (Å²) in [5.74, 6) is 2.12. The number of halogens is 1. The highest BCUT2D eigenvalue weighted by molar-refractivity contribution is 14.0. The molecule has 0 heterocycles. The molecule has 0 aromatic rings. The molecule has 0 bridgehead atoms. The summed E-state index contributed by atoms with van der Waals surface area (Å²) in [5.41, 5.74) is 0. The number of hydrogen-bond acceptors (Lipinski definition) is 2. The van der Waals surface area contributed by atoms with Gasteiger partial charge in [-0.1, -0.05) is 12.5 Å². The number of unbranched alkanes of at least 4 members (excludes halogenated alkanes) is 3. The fourth-order valence-corrected chi connectivity index (χ4v) is 1.91. The monoisotopic (exact) mass is 399 g/mol. The Morgan fingerprint density at radius 3 is 2.68 bits per heavy atom. The van der Waals surface area contributed by atoms with E-state index in [1.807, 2.05) is 17.8 Å². The second-order valence-corrected chi connectivity index (χ2v) is 5.27. The maximum absolute atomic E-state index is 4.61. The molecule has 5 heteroatoms. The molecule has 0 rings (SSSR count). The second kappa shape index (κ2) is 16.1. The van der Waals surface area contributed by atoms with Crippen LogP contribution in [0.15, 0.2) is 17.6 Å². The summed E-state index contributed by atoms with van der Waals surface area (Å²) < 4.78 is 0. The maximum atomic E-state index is 4.61. The third kappa shape index (κ3) is 12.9. The van der Waals surface area contributed by atoms with Crippen molar-refractivity contribution in [1.29, 1.82) is 0 Å². The van der Waals surface area contributed by atoms with Crippen molar-refractivity contribution in [2.24, 2.45) is 4.99 Å². The quantitative estimate of drug-likeness (QED) is 0.200. The molecule has 114 valence electrons. The van der Waals surface area contributed by atoms with Crippen molar-refractivity contribution in [3.63, 3.8) is 0 Å². The number of allylic oxidation sites excluding steroid dienone is 1. The Morgan fingerprint density at radius 2 is 2.11 bits per heavy atom. The Morgan fingerprint density at radius 1 is 1.37 bits per heavy atom. The van der Waals surface area contributed by atoms with Crippen LogP contribution in [-0.4, -0.2) is 49.6 Å². The highest BCUT2D eigenvalue weighted by atomic mass is 127. The lowest BCUT2D eigenvalue weighted by atomic mass is 10.2. The van der Waals surface area contributed by atoms with Crippen LogP contribution in [0.4, 0.5) is 0 Å². The molecule has 0 unspecified atom stereocenters. The number of guanidine groups is 1. The maximum Gasteiger partial charge on any atom is 0.193 e. The van der Waals surface area contributed by atoms with Crippen molar-refractivity contribution in [2.75, 3.05) is 38.7 Å². The average molecular weight is 399 g/mol. The zero-order valence-electron chi connectivity index (χ0n) is 12.7. The Balaban J connectivity index is 0. The minimum Gasteiger partial charge on any atom is -0.357 e. The van der Waals surface area contributed by atoms with Crippen LogP contribution in [0.1, 0.15) is 32.6 Å². The smallest absolute Gasteiger partial charge is 0.193 e. The van der Waals surface area contributed by atoms with E-state index < -0.39 is 0 Å². The minimum absolute atomic E-state index is 0. The third-order valence-electron chi connectivity index (χ3n) is 2.66. The Bertz CT molecular complexity index is 235. The first-order valence-corrected chi connectivity index (χ1v) is 8.24. The number of rotatable bonds is 10. The van der Waals surface area contributed by atoms with E-state index in [-0.39, 0.29) is 24.0 Å². The van der Waals surface area contributed by atoms with Gasteiger partial charge in [-0.3, -0.25) is 4.99 Å². The molecule has 0 atom stereocenters. The fraction of sp³-hybridized carbons (Fsp3) is 0.786. The molecule has 0 spiro atoms. The number of hydrogen-bond donors (Lipinski definition) is 1. The van der Waals surface area contributed by atoms with Crippen LogP contribution >= 0.6 is 35.7 Å². The van der Waals surface area contributed by atoms with E-state index in [0.717, 1.165) is 37.8 Å². The zero-order chi connectivity index (χ0) is 13.6. The minimum atomic E-state index is 0. The van der Waals surface area contributed by atoms with E-state index >= 15 is 0 Å². The van der Waals surface area contributed by atoms with Gasteiger partial charge in [-0.15, -0.1) is 30.6 Å². The molecule has 0 aliphatic rings. The van der Waals surface area contributed by atoms with Crippen LogP contribution in [-0.2, 0) is 0 Å². The van der Waals surface area contributed by atoms with Crippen LogP contribution in [0, 0.1) is 0 Å². The molecule has 0 amide bonds. The summed E-state index contributed by atoms with van der Waals surface area (Å²) in [6.45, 7) is 8.75. The van der Waals surface area contributed by atoms with Gasteiger partial charge >= 0.3 is 0 Å². The van der Waals surface area contributed by atoms with E-state index in [4.69, 9.17) is 0 Å². The molecular formula is C14H30IN3S. The molecule has 0 aliphatic carbocycles. The molecule has 3 nitrogen and oxygen atoms in total. The third-order valence-corrected chi connectivity index (χ3v) is 3.25. The normalized spacial score (nSPS) is 10.8. The highest BCUT2D eigenvalue weighted by Crippen LogP contribution is 2.01. The molecule has 0 saturated heterocycles. The number of aliphatic imine (C=N–C) groups is 1. The van der Waals surface area contributed by atoms with E-state index in [9.17, 15) is 0 Å². The van der Waals surface area contributed by atoms with Gasteiger partial charge in [-0.25, -0.2) is 0 Å². The zero-order valence-corrected chi connectivity index (χ0v) is 15.8. The molecule has 0 radical (unpaired) electrons. The lowest BCUT2D eigenvalue weighted by Gasteiger charge is -2.22. The molecule has 0 aromatic heterocycles. The van der Waals surface area contributed by atoms with E-state index in [1.54, 1.807) is 0 Å². The molecule has 0 aliphatic heterocycles. The van der Waals surface area contributed by atoms with Crippen LogP contribution in [0.3, 0.4) is 0 Å². The number of nitrogens with zero attached hydrogens (tertiary/aromatic N) is 2. The van der Waals surface area contributed by atoms with Gasteiger partial charge in [0.15, 0.2) is 5.96 Å². The predicted octanol–water partition coefficient (Wildman–Crippen LogP) is 3.61. The van der Waals surface area contributed by atoms with Gasteiger partial charge in [0.25, 0.3) is 0 Å². The molecule has 19 heavy (non-hydrogen) atoms. The van der Waals surface area contributed by atoms with Gasteiger partial charge in [0, 0.05) is 25.9 Å². The first-order chi connectivity index (χ1) is 8.76. The van der Waals surface area contributed by atoms with Crippen molar-refractivity contribution in [2.45, 2.75) is 32.6 Å². The van der Waals surface area contributed by atoms with Crippen molar-refractivity contribution in [3.05, 3.63) is 12.7 Å². The standard InChI is InChI=1S/C14H29N3S.HI/c1-5-7-8-9-10-12-17(3)14(15-6-2)16-11-13-18-4;/h5H,1,6-13H2,2-4H3,(H,15,16);1H. The largest absolute Gasteiger partial charge is 0.357 e. The van der Waals surface area contributed by atoms with Crippen LogP contribution in [0.2, 0.25) is 0 Å². The van der Waals surface area contributed by atoms with E-state index in [0.29, 0.717) is 0 Å². The fourth-order valence-electron chi connectivity index (χ4n) is 1.63. The van der Waals surface area contributed by atoms with Gasteiger partial charge in [0.05, 0.1) is 6.54 Å². The van der Waals surface area contributed by atoms with Crippen molar-refractivity contribution in [3.8, 4) is 0 Å². The molecule has 0 aromatic carbocycles. The van der Waals surface area contributed by atoms with Crippen LogP contribution in [0.25, 0.3) is 0 Å². The van der Waals surface area contributed by atoms with Crippen molar-refractivity contribution in [1.82, 2.24) is 10.2 Å².